The maximum Gasteiger partial charge on any atom is 0.305 e. The summed E-state index contributed by atoms with van der Waals surface area (Å²) in [5.41, 5.74) is 0.207. The molecule has 1 aliphatic heterocycles. The van der Waals surface area contributed by atoms with Gasteiger partial charge in [0.25, 0.3) is 5.69 Å². The number of aliphatic carboxylic acids is 1. The van der Waals surface area contributed by atoms with Gasteiger partial charge < -0.3 is 5.11 Å². The van der Waals surface area contributed by atoms with Gasteiger partial charge in [-0.15, -0.1) is 6.58 Å². The first kappa shape index (κ1) is 16.7. The second-order valence-corrected chi connectivity index (χ2v) is 5.78. The van der Waals surface area contributed by atoms with E-state index in [-0.39, 0.29) is 24.6 Å². The number of benzene rings is 1. The Hall–Kier alpha value is -2.68. The first-order valence-corrected chi connectivity index (χ1v) is 7.44. The van der Waals surface area contributed by atoms with Crippen molar-refractivity contribution in [3.63, 3.8) is 0 Å². The molecule has 0 bridgehead atoms. The number of carboxylic acid groups (broad SMARTS) is 1. The van der Waals surface area contributed by atoms with E-state index in [0.29, 0.717) is 10.9 Å². The molecule has 2 rings (SSSR count). The highest BCUT2D eigenvalue weighted by molar-refractivity contribution is 8.15. The quantitative estimate of drug-likeness (QED) is 0.484. The first-order chi connectivity index (χ1) is 10.9. The standard InChI is InChI=1S/C14H13N3O5S/c1-2-6-16-13(20)11(8-12(18)19)23-14(16)15-9-4-3-5-10(7-9)17(21)22/h2-5,7,11H,1,6,8H2,(H,18,19)/t11-/m0/s1. The number of aliphatic imine (C=N–C) groups is 1. The van der Waals surface area contributed by atoms with Gasteiger partial charge in [-0.1, -0.05) is 23.9 Å². The zero-order chi connectivity index (χ0) is 17.0. The molecule has 1 atom stereocenters. The number of carbonyl (C=O) groups excluding carboxylic acids is 1. The molecule has 9 heteroatoms. The SMILES string of the molecule is C=CCN1C(=O)[C@H](CC(=O)O)SC1=Nc1cccc([N+](=O)[O-])c1. The number of carboxylic acids is 1. The van der Waals surface area contributed by atoms with Crippen LogP contribution in [0, 0.1) is 10.1 Å². The highest BCUT2D eigenvalue weighted by Gasteiger charge is 2.38. The van der Waals surface area contributed by atoms with Gasteiger partial charge in [0.1, 0.15) is 5.25 Å². The number of rotatable bonds is 6. The number of hydrogen-bond donors (Lipinski definition) is 1. The van der Waals surface area contributed by atoms with Gasteiger partial charge in [-0.3, -0.25) is 24.6 Å². The van der Waals surface area contributed by atoms with E-state index in [4.69, 9.17) is 5.11 Å². The van der Waals surface area contributed by atoms with E-state index in [1.54, 1.807) is 6.07 Å². The normalized spacial score (nSPS) is 19.1. The van der Waals surface area contributed by atoms with Gasteiger partial charge in [0, 0.05) is 18.7 Å². The van der Waals surface area contributed by atoms with E-state index < -0.39 is 16.1 Å². The molecule has 1 fully saturated rings. The molecule has 0 aromatic heterocycles. The summed E-state index contributed by atoms with van der Waals surface area (Å²) in [4.78, 5) is 38.9. The number of thioether (sulfide) groups is 1. The number of nitrogens with zero attached hydrogens (tertiary/aromatic N) is 3. The Bertz CT molecular complexity index is 703. The number of amidine groups is 1. The lowest BCUT2D eigenvalue weighted by Crippen LogP contribution is -2.32. The monoisotopic (exact) mass is 335 g/mol. The van der Waals surface area contributed by atoms with Gasteiger partial charge >= 0.3 is 5.97 Å². The van der Waals surface area contributed by atoms with E-state index in [1.165, 1.54) is 29.2 Å². The lowest BCUT2D eigenvalue weighted by atomic mass is 10.2. The smallest absolute Gasteiger partial charge is 0.305 e. The molecule has 0 saturated carbocycles. The van der Waals surface area contributed by atoms with Crippen molar-refractivity contribution in [2.75, 3.05) is 6.54 Å². The van der Waals surface area contributed by atoms with Crippen molar-refractivity contribution in [1.29, 1.82) is 0 Å². The predicted octanol–water partition coefficient (Wildman–Crippen LogP) is 2.19. The van der Waals surface area contributed by atoms with Crippen LogP contribution in [0.25, 0.3) is 0 Å². The second-order valence-electron chi connectivity index (χ2n) is 4.61. The summed E-state index contributed by atoms with van der Waals surface area (Å²) in [5.74, 6) is -1.44. The van der Waals surface area contributed by atoms with Gasteiger partial charge in [0.15, 0.2) is 5.17 Å². The number of nitro groups is 1. The molecule has 1 saturated heterocycles. The minimum absolute atomic E-state index is 0.112. The van der Waals surface area contributed by atoms with Crippen LogP contribution < -0.4 is 0 Å². The molecular weight excluding hydrogens is 322 g/mol. The Kier molecular flexibility index (Phi) is 5.12. The van der Waals surface area contributed by atoms with Gasteiger partial charge in [0.2, 0.25) is 5.91 Å². The largest absolute Gasteiger partial charge is 0.481 e. The summed E-state index contributed by atoms with van der Waals surface area (Å²) in [6, 6.07) is 5.69. The Morgan fingerprint density at radius 1 is 1.57 bits per heavy atom. The zero-order valence-electron chi connectivity index (χ0n) is 11.9. The number of amides is 1. The molecule has 0 spiro atoms. The predicted molar refractivity (Wildman–Crippen MR) is 85.7 cm³/mol. The minimum Gasteiger partial charge on any atom is -0.481 e. The van der Waals surface area contributed by atoms with Gasteiger partial charge in [0.05, 0.1) is 17.0 Å². The van der Waals surface area contributed by atoms with Crippen molar-refractivity contribution in [3.8, 4) is 0 Å². The van der Waals surface area contributed by atoms with Gasteiger partial charge in [-0.05, 0) is 6.07 Å². The molecule has 0 radical (unpaired) electrons. The Morgan fingerprint density at radius 3 is 2.91 bits per heavy atom. The van der Waals surface area contributed by atoms with E-state index in [0.717, 1.165) is 11.8 Å². The van der Waals surface area contributed by atoms with Gasteiger partial charge in [-0.2, -0.15) is 0 Å². The number of carbonyl (C=O) groups is 2. The molecule has 1 aromatic rings. The van der Waals surface area contributed by atoms with Crippen LogP contribution in [0.3, 0.4) is 0 Å². The lowest BCUT2D eigenvalue weighted by Gasteiger charge is -2.13. The van der Waals surface area contributed by atoms with E-state index >= 15 is 0 Å². The van der Waals surface area contributed by atoms with Crippen molar-refractivity contribution < 1.29 is 19.6 Å². The van der Waals surface area contributed by atoms with Crippen LogP contribution >= 0.6 is 11.8 Å². The summed E-state index contributed by atoms with van der Waals surface area (Å²) >= 11 is 1.03. The number of nitro benzene ring substituents is 1. The minimum atomic E-state index is -1.08. The fraction of sp³-hybridized carbons (Fsp3) is 0.214. The second kappa shape index (κ2) is 7.05. The van der Waals surface area contributed by atoms with Crippen LogP contribution in [-0.4, -0.2) is 43.8 Å². The third-order valence-corrected chi connectivity index (χ3v) is 4.13. The van der Waals surface area contributed by atoms with E-state index in [2.05, 4.69) is 11.6 Å². The maximum absolute atomic E-state index is 12.2. The molecule has 1 aromatic carbocycles. The molecular formula is C14H13N3O5S. The fourth-order valence-electron chi connectivity index (χ4n) is 1.97. The zero-order valence-corrected chi connectivity index (χ0v) is 12.7. The highest BCUT2D eigenvalue weighted by atomic mass is 32.2. The van der Waals surface area contributed by atoms with Gasteiger partial charge in [-0.25, -0.2) is 4.99 Å². The average molecular weight is 335 g/mol. The van der Waals surface area contributed by atoms with Crippen molar-refractivity contribution in [2.45, 2.75) is 11.7 Å². The van der Waals surface area contributed by atoms with Crippen LogP contribution in [0.2, 0.25) is 0 Å². The first-order valence-electron chi connectivity index (χ1n) is 6.56. The van der Waals surface area contributed by atoms with Crippen LogP contribution in [-0.2, 0) is 9.59 Å². The summed E-state index contributed by atoms with van der Waals surface area (Å²) < 4.78 is 0. The lowest BCUT2D eigenvalue weighted by molar-refractivity contribution is -0.384. The third-order valence-electron chi connectivity index (χ3n) is 2.96. The summed E-state index contributed by atoms with van der Waals surface area (Å²) in [6.07, 6.45) is 1.19. The number of hydrogen-bond acceptors (Lipinski definition) is 6. The third kappa shape index (κ3) is 3.95. The van der Waals surface area contributed by atoms with Crippen molar-refractivity contribution in [1.82, 2.24) is 4.90 Å². The number of non-ortho nitro benzene ring substituents is 1. The van der Waals surface area contributed by atoms with Crippen LogP contribution in [0.1, 0.15) is 6.42 Å². The van der Waals surface area contributed by atoms with E-state index in [9.17, 15) is 19.7 Å². The van der Waals surface area contributed by atoms with Crippen molar-refractivity contribution in [3.05, 3.63) is 47.0 Å². The molecule has 1 N–H and O–H groups in total. The van der Waals surface area contributed by atoms with Crippen molar-refractivity contribution >= 4 is 40.2 Å². The Labute approximate surface area is 135 Å². The molecule has 23 heavy (non-hydrogen) atoms. The Morgan fingerprint density at radius 2 is 2.30 bits per heavy atom. The summed E-state index contributed by atoms with van der Waals surface area (Å²) in [7, 11) is 0. The van der Waals surface area contributed by atoms with E-state index in [1.807, 2.05) is 0 Å². The summed E-state index contributed by atoms with van der Waals surface area (Å²) in [6.45, 7) is 3.75. The topological polar surface area (TPSA) is 113 Å². The Balaban J connectivity index is 2.33. The maximum atomic E-state index is 12.2. The van der Waals surface area contributed by atoms with Crippen LogP contribution in [0.4, 0.5) is 11.4 Å². The average Bonchev–Trinajstić information content (AvgIpc) is 2.76. The molecule has 8 nitrogen and oxygen atoms in total. The molecule has 1 aliphatic rings. The summed E-state index contributed by atoms with van der Waals surface area (Å²) in [5, 5.41) is 19.2. The van der Waals surface area contributed by atoms with Crippen LogP contribution in [0.15, 0.2) is 41.9 Å². The fourth-order valence-corrected chi connectivity index (χ4v) is 3.13. The molecule has 0 unspecified atom stereocenters. The van der Waals surface area contributed by atoms with Crippen LogP contribution in [0.5, 0.6) is 0 Å². The van der Waals surface area contributed by atoms with Crippen molar-refractivity contribution in [2.24, 2.45) is 4.99 Å². The molecule has 120 valence electrons. The highest BCUT2D eigenvalue weighted by Crippen LogP contribution is 2.32. The molecule has 0 aliphatic carbocycles. The molecule has 1 amide bonds. The molecule has 1 heterocycles.